The highest BCUT2D eigenvalue weighted by Crippen LogP contribution is 2.32. The number of fused-ring (bicyclic) bond motifs is 1. The quantitative estimate of drug-likeness (QED) is 0.513. The fourth-order valence-electron chi connectivity index (χ4n) is 5.74. The van der Waals surface area contributed by atoms with E-state index in [9.17, 15) is 9.18 Å². The molecule has 5 rings (SSSR count). The number of para-hydroxylation sites is 1. The Hall–Kier alpha value is -2.92. The van der Waals surface area contributed by atoms with Crippen molar-refractivity contribution >= 4 is 16.8 Å². The number of benzene rings is 2. The number of piperidine rings is 1. The normalized spacial score (nSPS) is 22.2. The second-order valence-electron chi connectivity index (χ2n) is 9.67. The Balaban J connectivity index is 1.23. The average Bonchev–Trinajstić information content (AvgIpc) is 3.43. The molecule has 33 heavy (non-hydrogen) atoms. The minimum absolute atomic E-state index is 0.117. The molecule has 1 aromatic heterocycles. The fraction of sp³-hybridized carbons (Fsp3) is 0.393. The van der Waals surface area contributed by atoms with E-state index in [0.717, 1.165) is 62.0 Å². The van der Waals surface area contributed by atoms with E-state index in [1.54, 1.807) is 12.1 Å². The fourth-order valence-corrected chi connectivity index (χ4v) is 5.74. The summed E-state index contributed by atoms with van der Waals surface area (Å²) < 4.78 is 15.3. The van der Waals surface area contributed by atoms with Gasteiger partial charge < -0.3 is 14.4 Å². The molecule has 2 aliphatic rings. The Morgan fingerprint density at radius 1 is 1.09 bits per heavy atom. The van der Waals surface area contributed by atoms with Crippen LogP contribution >= 0.6 is 0 Å². The summed E-state index contributed by atoms with van der Waals surface area (Å²) in [5.74, 6) is 1.17. The van der Waals surface area contributed by atoms with Crippen molar-refractivity contribution in [2.75, 3.05) is 32.7 Å². The molecule has 0 N–H and O–H groups in total. The number of aryl methyl sites for hydroxylation is 1. The van der Waals surface area contributed by atoms with Gasteiger partial charge in [0.1, 0.15) is 5.82 Å². The number of aromatic nitrogens is 1. The first-order chi connectivity index (χ1) is 16.0. The monoisotopic (exact) mass is 445 g/mol. The third kappa shape index (κ3) is 4.34. The summed E-state index contributed by atoms with van der Waals surface area (Å²) >= 11 is 0. The third-order valence-electron chi connectivity index (χ3n) is 7.63. The zero-order valence-corrected chi connectivity index (χ0v) is 19.3. The van der Waals surface area contributed by atoms with E-state index in [-0.39, 0.29) is 11.7 Å². The van der Waals surface area contributed by atoms with Crippen LogP contribution in [0.5, 0.6) is 0 Å². The van der Waals surface area contributed by atoms with Crippen LogP contribution in [-0.2, 0) is 7.05 Å². The number of halogens is 1. The second-order valence-corrected chi connectivity index (χ2v) is 9.67. The molecule has 3 aromatic rings. The molecule has 0 aliphatic carbocycles. The topological polar surface area (TPSA) is 28.5 Å². The van der Waals surface area contributed by atoms with Gasteiger partial charge in [0.15, 0.2) is 0 Å². The highest BCUT2D eigenvalue weighted by Gasteiger charge is 2.36. The number of hydrogen-bond acceptors (Lipinski definition) is 2. The second kappa shape index (κ2) is 9.14. The van der Waals surface area contributed by atoms with Crippen molar-refractivity contribution < 1.29 is 9.18 Å². The van der Waals surface area contributed by atoms with Gasteiger partial charge in [-0.05, 0) is 73.5 Å². The highest BCUT2D eigenvalue weighted by atomic mass is 19.1. The van der Waals surface area contributed by atoms with Crippen molar-refractivity contribution in [3.05, 3.63) is 84.3 Å². The van der Waals surface area contributed by atoms with E-state index in [1.165, 1.54) is 5.56 Å². The van der Waals surface area contributed by atoms with E-state index in [0.29, 0.717) is 17.8 Å². The van der Waals surface area contributed by atoms with Crippen LogP contribution in [0.15, 0.2) is 67.4 Å². The number of hydrogen-bond donors (Lipinski definition) is 0. The van der Waals surface area contributed by atoms with E-state index in [4.69, 9.17) is 0 Å². The molecular weight excluding hydrogens is 413 g/mol. The Labute approximate surface area is 195 Å². The lowest BCUT2D eigenvalue weighted by molar-refractivity contribution is 0.0782. The van der Waals surface area contributed by atoms with Gasteiger partial charge in [0.25, 0.3) is 5.91 Å². The Kier molecular flexibility index (Phi) is 6.07. The third-order valence-corrected chi connectivity index (χ3v) is 7.63. The van der Waals surface area contributed by atoms with Gasteiger partial charge in [0.05, 0.1) is 11.1 Å². The molecule has 4 nitrogen and oxygen atoms in total. The maximum absolute atomic E-state index is 13.5. The first-order valence-corrected chi connectivity index (χ1v) is 12.0. The van der Waals surface area contributed by atoms with Gasteiger partial charge in [-0.3, -0.25) is 4.79 Å². The first-order valence-electron chi connectivity index (χ1n) is 12.0. The van der Waals surface area contributed by atoms with Crippen molar-refractivity contribution in [3.8, 4) is 0 Å². The largest absolute Gasteiger partial charge is 0.350 e. The molecule has 1 amide bonds. The molecule has 1 unspecified atom stereocenters. The van der Waals surface area contributed by atoms with Crippen molar-refractivity contribution in [3.63, 3.8) is 0 Å². The SMILES string of the molecule is C=C[C@@H]1CN(C(=O)c2cccc3ccn(C)c23)CC1CN1CCC(c2ccc(F)cc2)CC1. The van der Waals surface area contributed by atoms with Crippen LogP contribution in [0, 0.1) is 17.7 Å². The van der Waals surface area contributed by atoms with E-state index >= 15 is 0 Å². The molecule has 172 valence electrons. The summed E-state index contributed by atoms with van der Waals surface area (Å²) in [4.78, 5) is 18.0. The van der Waals surface area contributed by atoms with Crippen LogP contribution in [0.2, 0.25) is 0 Å². The van der Waals surface area contributed by atoms with Crippen LogP contribution in [0.1, 0.15) is 34.7 Å². The summed E-state index contributed by atoms with van der Waals surface area (Å²) in [5.41, 5.74) is 3.03. The Bertz CT molecular complexity index is 1140. The number of rotatable bonds is 5. The summed E-state index contributed by atoms with van der Waals surface area (Å²) in [6.45, 7) is 8.66. The highest BCUT2D eigenvalue weighted by molar-refractivity contribution is 6.06. The molecular formula is C28H32FN3O. The van der Waals surface area contributed by atoms with Gasteiger partial charge in [-0.15, -0.1) is 6.58 Å². The van der Waals surface area contributed by atoms with Crippen LogP contribution in [-0.4, -0.2) is 53.0 Å². The standard InChI is InChI=1S/C28H32FN3O/c1-3-20-18-32(28(33)26-6-4-5-23-11-14-30(2)27(23)26)19-24(20)17-31-15-12-22(13-16-31)21-7-9-25(29)10-8-21/h3-11,14,20,22,24H,1,12-13,15-19H2,2H3/t20-,24?/m1/s1. The summed E-state index contributed by atoms with van der Waals surface area (Å²) in [6.07, 6.45) is 6.23. The molecule has 0 radical (unpaired) electrons. The minimum Gasteiger partial charge on any atom is -0.350 e. The Morgan fingerprint density at radius 3 is 2.58 bits per heavy atom. The molecule has 5 heteroatoms. The molecule has 2 atom stereocenters. The van der Waals surface area contributed by atoms with Crippen molar-refractivity contribution in [1.82, 2.24) is 14.4 Å². The predicted molar refractivity (Wildman–Crippen MR) is 131 cm³/mol. The van der Waals surface area contributed by atoms with Crippen molar-refractivity contribution in [2.24, 2.45) is 18.9 Å². The lowest BCUT2D eigenvalue weighted by Gasteiger charge is -2.34. The zero-order chi connectivity index (χ0) is 22.9. The average molecular weight is 446 g/mol. The van der Waals surface area contributed by atoms with Crippen LogP contribution in [0.4, 0.5) is 4.39 Å². The maximum Gasteiger partial charge on any atom is 0.256 e. The molecule has 0 bridgehead atoms. The van der Waals surface area contributed by atoms with Crippen molar-refractivity contribution in [1.29, 1.82) is 0 Å². The predicted octanol–water partition coefficient (Wildman–Crippen LogP) is 5.07. The van der Waals surface area contributed by atoms with E-state index in [1.807, 2.05) is 53.1 Å². The lowest BCUT2D eigenvalue weighted by atomic mass is 9.88. The van der Waals surface area contributed by atoms with Crippen LogP contribution < -0.4 is 0 Å². The van der Waals surface area contributed by atoms with Gasteiger partial charge in [-0.2, -0.15) is 0 Å². The van der Waals surface area contributed by atoms with E-state index in [2.05, 4.69) is 23.6 Å². The van der Waals surface area contributed by atoms with Crippen molar-refractivity contribution in [2.45, 2.75) is 18.8 Å². The summed E-state index contributed by atoms with van der Waals surface area (Å²) in [6, 6.07) is 15.0. The molecule has 0 saturated carbocycles. The summed E-state index contributed by atoms with van der Waals surface area (Å²) in [5, 5.41) is 1.10. The number of carbonyl (C=O) groups excluding carboxylic acids is 1. The first kappa shape index (κ1) is 21.9. The van der Waals surface area contributed by atoms with Gasteiger partial charge in [-0.1, -0.05) is 30.3 Å². The zero-order valence-electron chi connectivity index (χ0n) is 19.3. The smallest absolute Gasteiger partial charge is 0.256 e. The van der Waals surface area contributed by atoms with E-state index < -0.39 is 0 Å². The van der Waals surface area contributed by atoms with Gasteiger partial charge in [0, 0.05) is 38.3 Å². The minimum atomic E-state index is -0.171. The van der Waals surface area contributed by atoms with Gasteiger partial charge >= 0.3 is 0 Å². The van der Waals surface area contributed by atoms with Gasteiger partial charge in [0.2, 0.25) is 0 Å². The molecule has 2 fully saturated rings. The molecule has 0 spiro atoms. The maximum atomic E-state index is 13.5. The molecule has 2 aliphatic heterocycles. The Morgan fingerprint density at radius 2 is 1.85 bits per heavy atom. The molecule has 3 heterocycles. The number of nitrogens with zero attached hydrogens (tertiary/aromatic N) is 3. The number of carbonyl (C=O) groups is 1. The van der Waals surface area contributed by atoms with Crippen LogP contribution in [0.3, 0.4) is 0 Å². The number of amides is 1. The number of likely N-dealkylation sites (tertiary alicyclic amines) is 2. The van der Waals surface area contributed by atoms with Crippen LogP contribution in [0.25, 0.3) is 10.9 Å². The molecule has 2 saturated heterocycles. The van der Waals surface area contributed by atoms with Gasteiger partial charge in [-0.25, -0.2) is 4.39 Å². The lowest BCUT2D eigenvalue weighted by Crippen LogP contribution is -2.38. The summed E-state index contributed by atoms with van der Waals surface area (Å²) in [7, 11) is 1.99. The molecule has 2 aromatic carbocycles.